The fourth-order valence-electron chi connectivity index (χ4n) is 1.56. The van der Waals surface area contributed by atoms with E-state index in [0.717, 1.165) is 29.2 Å². The van der Waals surface area contributed by atoms with E-state index in [0.29, 0.717) is 5.92 Å². The molecule has 0 spiro atoms. The Balaban J connectivity index is 2.20. The van der Waals surface area contributed by atoms with Gasteiger partial charge in [-0.2, -0.15) is 0 Å². The molecule has 2 aromatic rings. The van der Waals surface area contributed by atoms with E-state index in [2.05, 4.69) is 36.4 Å². The second-order valence-corrected chi connectivity index (χ2v) is 4.08. The zero-order valence-electron chi connectivity index (χ0n) is 7.31. The molecule has 0 saturated carbocycles. The maximum absolute atomic E-state index is 4.18. The number of aromatic nitrogens is 4. The summed E-state index contributed by atoms with van der Waals surface area (Å²) >= 11 is 3.35. The van der Waals surface area contributed by atoms with Crippen molar-refractivity contribution in [3.63, 3.8) is 0 Å². The van der Waals surface area contributed by atoms with Crippen molar-refractivity contribution in [1.29, 1.82) is 0 Å². The van der Waals surface area contributed by atoms with Gasteiger partial charge in [-0.25, -0.2) is 4.98 Å². The molecule has 1 aliphatic rings. The maximum atomic E-state index is 4.18. The Kier molecular flexibility index (Phi) is 1.78. The minimum atomic E-state index is 0.485. The lowest BCUT2D eigenvalue weighted by Gasteiger charge is -2.25. The third kappa shape index (κ3) is 1.07. The first-order valence-corrected chi connectivity index (χ1v) is 5.21. The van der Waals surface area contributed by atoms with Crippen LogP contribution in [0.15, 0.2) is 17.0 Å². The Labute approximate surface area is 88.7 Å². The number of hydrogen-bond acceptors (Lipinski definition) is 4. The van der Waals surface area contributed by atoms with Crippen LogP contribution in [0.5, 0.6) is 0 Å². The van der Waals surface area contributed by atoms with Gasteiger partial charge in [0, 0.05) is 31.4 Å². The number of nitrogens with zero attached hydrogens (tertiary/aromatic N) is 4. The lowest BCUT2D eigenvalue weighted by atomic mass is 10.0. The van der Waals surface area contributed by atoms with E-state index >= 15 is 0 Å². The van der Waals surface area contributed by atoms with Crippen molar-refractivity contribution in [1.82, 2.24) is 24.9 Å². The van der Waals surface area contributed by atoms with Crippen molar-refractivity contribution < 1.29 is 0 Å². The molecule has 14 heavy (non-hydrogen) atoms. The van der Waals surface area contributed by atoms with E-state index < -0.39 is 0 Å². The Bertz CT molecular complexity index is 476. The highest BCUT2D eigenvalue weighted by Crippen LogP contribution is 2.20. The molecule has 0 unspecified atom stereocenters. The summed E-state index contributed by atoms with van der Waals surface area (Å²) in [4.78, 5) is 4.10. The third-order valence-corrected chi connectivity index (χ3v) is 3.02. The monoisotopic (exact) mass is 253 g/mol. The highest BCUT2D eigenvalue weighted by Gasteiger charge is 2.24. The molecule has 0 aromatic carbocycles. The first-order chi connectivity index (χ1) is 6.86. The average molecular weight is 254 g/mol. The maximum Gasteiger partial charge on any atom is 0.193 e. The first-order valence-electron chi connectivity index (χ1n) is 4.42. The molecule has 72 valence electrons. The molecule has 1 fully saturated rings. The Hall–Kier alpha value is -1.01. The molecule has 1 N–H and O–H groups in total. The fraction of sp³-hybridized carbons (Fsp3) is 0.375. The lowest BCUT2D eigenvalue weighted by molar-refractivity contribution is 0.427. The predicted octanol–water partition coefficient (Wildman–Crippen LogP) is 0.574. The molecule has 2 aromatic heterocycles. The van der Waals surface area contributed by atoms with E-state index in [4.69, 9.17) is 0 Å². The van der Waals surface area contributed by atoms with Crippen LogP contribution < -0.4 is 5.32 Å². The van der Waals surface area contributed by atoms with Crippen molar-refractivity contribution in [3.8, 4) is 0 Å². The van der Waals surface area contributed by atoms with Gasteiger partial charge in [-0.05, 0) is 15.9 Å². The van der Waals surface area contributed by atoms with Crippen LogP contribution in [-0.2, 0) is 0 Å². The molecule has 1 saturated heterocycles. The van der Waals surface area contributed by atoms with Gasteiger partial charge in [-0.15, -0.1) is 10.2 Å². The summed E-state index contributed by atoms with van der Waals surface area (Å²) in [6, 6.07) is 0. The van der Waals surface area contributed by atoms with Crippen LogP contribution >= 0.6 is 15.9 Å². The quantitative estimate of drug-likeness (QED) is 0.808. The van der Waals surface area contributed by atoms with Crippen molar-refractivity contribution in [2.45, 2.75) is 5.92 Å². The van der Waals surface area contributed by atoms with Gasteiger partial charge in [0.1, 0.15) is 5.82 Å². The van der Waals surface area contributed by atoms with Crippen LogP contribution in [0.4, 0.5) is 0 Å². The third-order valence-electron chi connectivity index (χ3n) is 2.46. The molecule has 0 atom stereocenters. The second-order valence-electron chi connectivity index (χ2n) is 3.33. The summed E-state index contributed by atoms with van der Waals surface area (Å²) in [5.74, 6) is 1.50. The number of fused-ring (bicyclic) bond motifs is 1. The predicted molar refractivity (Wildman–Crippen MR) is 54.1 cm³/mol. The van der Waals surface area contributed by atoms with Gasteiger partial charge in [0.15, 0.2) is 10.3 Å². The summed E-state index contributed by atoms with van der Waals surface area (Å²) in [5, 5.41) is 11.5. The molecule has 0 radical (unpaired) electrons. The van der Waals surface area contributed by atoms with E-state index in [1.165, 1.54) is 0 Å². The summed E-state index contributed by atoms with van der Waals surface area (Å²) in [5.41, 5.74) is 0.786. The van der Waals surface area contributed by atoms with Gasteiger partial charge < -0.3 is 5.32 Å². The van der Waals surface area contributed by atoms with Crippen LogP contribution in [0.2, 0.25) is 0 Å². The molecule has 1 aliphatic heterocycles. The highest BCUT2D eigenvalue weighted by atomic mass is 79.9. The number of nitrogens with one attached hydrogen (secondary N) is 1. The zero-order chi connectivity index (χ0) is 9.54. The lowest BCUT2D eigenvalue weighted by Crippen LogP contribution is -2.40. The Morgan fingerprint density at radius 1 is 1.43 bits per heavy atom. The first kappa shape index (κ1) is 8.31. The zero-order valence-corrected chi connectivity index (χ0v) is 8.90. The molecule has 3 rings (SSSR count). The average Bonchev–Trinajstić information content (AvgIpc) is 2.48. The van der Waals surface area contributed by atoms with Crippen LogP contribution in [0.1, 0.15) is 11.7 Å². The largest absolute Gasteiger partial charge is 0.315 e. The van der Waals surface area contributed by atoms with E-state index in [1.54, 1.807) is 6.20 Å². The van der Waals surface area contributed by atoms with Crippen molar-refractivity contribution in [3.05, 3.63) is 22.8 Å². The normalized spacial score (nSPS) is 17.2. The molecule has 0 bridgehead atoms. The standard InChI is InChI=1S/C8H8BrN5/c9-6-8-13-12-7(5-3-10-4-5)14(8)2-1-11-6/h1-2,5,10H,3-4H2. The molecule has 6 heteroatoms. The molecular weight excluding hydrogens is 246 g/mol. The van der Waals surface area contributed by atoms with E-state index in [1.807, 2.05) is 10.6 Å². The number of hydrogen-bond donors (Lipinski definition) is 1. The van der Waals surface area contributed by atoms with Crippen LogP contribution in [-0.4, -0.2) is 32.7 Å². The minimum absolute atomic E-state index is 0.485. The van der Waals surface area contributed by atoms with Gasteiger partial charge >= 0.3 is 0 Å². The van der Waals surface area contributed by atoms with Gasteiger partial charge in [0.2, 0.25) is 0 Å². The van der Waals surface area contributed by atoms with Gasteiger partial charge in [-0.3, -0.25) is 4.40 Å². The molecule has 3 heterocycles. The van der Waals surface area contributed by atoms with Crippen molar-refractivity contribution >= 4 is 21.6 Å². The van der Waals surface area contributed by atoms with Gasteiger partial charge in [0.05, 0.1) is 0 Å². The summed E-state index contributed by atoms with van der Waals surface area (Å²) in [7, 11) is 0. The van der Waals surface area contributed by atoms with Gasteiger partial charge in [-0.1, -0.05) is 0 Å². The smallest absolute Gasteiger partial charge is 0.193 e. The van der Waals surface area contributed by atoms with Crippen LogP contribution in [0.3, 0.4) is 0 Å². The summed E-state index contributed by atoms with van der Waals surface area (Å²) < 4.78 is 2.73. The van der Waals surface area contributed by atoms with E-state index in [9.17, 15) is 0 Å². The molecule has 0 amide bonds. The second kappa shape index (κ2) is 2.99. The van der Waals surface area contributed by atoms with Crippen molar-refractivity contribution in [2.24, 2.45) is 0 Å². The molecule has 5 nitrogen and oxygen atoms in total. The van der Waals surface area contributed by atoms with Gasteiger partial charge in [0.25, 0.3) is 0 Å². The summed E-state index contributed by atoms with van der Waals surface area (Å²) in [6.07, 6.45) is 3.64. The van der Waals surface area contributed by atoms with Crippen LogP contribution in [0, 0.1) is 0 Å². The Morgan fingerprint density at radius 3 is 3.00 bits per heavy atom. The SMILES string of the molecule is Brc1nccn2c(C3CNC3)nnc12. The summed E-state index contributed by atoms with van der Waals surface area (Å²) in [6.45, 7) is 1.97. The molecule has 0 aliphatic carbocycles. The minimum Gasteiger partial charge on any atom is -0.315 e. The van der Waals surface area contributed by atoms with E-state index in [-0.39, 0.29) is 0 Å². The molecular formula is C8H8BrN5. The number of halogens is 1. The van der Waals surface area contributed by atoms with Crippen molar-refractivity contribution in [2.75, 3.05) is 13.1 Å². The Morgan fingerprint density at radius 2 is 2.29 bits per heavy atom. The fourth-order valence-corrected chi connectivity index (χ4v) is 1.95. The highest BCUT2D eigenvalue weighted by molar-refractivity contribution is 9.10. The topological polar surface area (TPSA) is 55.1 Å². The van der Waals surface area contributed by atoms with Crippen LogP contribution in [0.25, 0.3) is 5.65 Å². The number of rotatable bonds is 1.